The summed E-state index contributed by atoms with van der Waals surface area (Å²) in [6.45, 7) is 0. The van der Waals surface area contributed by atoms with Crippen molar-refractivity contribution in [1.29, 1.82) is 0 Å². The monoisotopic (exact) mass is 1010 g/mol. The second-order valence-electron chi connectivity index (χ2n) is 21.8. The first-order valence-electron chi connectivity index (χ1n) is 27.3. The van der Waals surface area contributed by atoms with Crippen LogP contribution in [0.15, 0.2) is 285 Å². The van der Waals surface area contributed by atoms with Crippen molar-refractivity contribution in [3.8, 4) is 66.8 Å². The van der Waals surface area contributed by atoms with Crippen LogP contribution in [0.25, 0.3) is 66.8 Å². The Kier molecular flexibility index (Phi) is 9.69. The van der Waals surface area contributed by atoms with Gasteiger partial charge in [0, 0.05) is 22.3 Å². The van der Waals surface area contributed by atoms with E-state index in [0.29, 0.717) is 0 Å². The van der Waals surface area contributed by atoms with Gasteiger partial charge in [0.05, 0.1) is 11.0 Å². The molecule has 0 heterocycles. The molecule has 79 heavy (non-hydrogen) atoms. The Bertz CT molecular complexity index is 4290. The topological polar surface area (TPSA) is 66.5 Å². The molecule has 0 aromatic heterocycles. The number of fused-ring (bicyclic) bond motifs is 12. The molecule has 12 aromatic carbocycles. The fraction of sp³-hybridized carbons (Fsp3) is 0.0526. The predicted molar refractivity (Wildman–Crippen MR) is 319 cm³/mol. The van der Waals surface area contributed by atoms with E-state index in [2.05, 4.69) is 237 Å². The summed E-state index contributed by atoms with van der Waals surface area (Å²) in [6.07, 6.45) is 0. The summed E-state index contributed by atoms with van der Waals surface area (Å²) in [4.78, 5) is 0. The molecule has 12 aromatic rings. The SMILES string of the molecule is NC1(c2ccc(-c3ccc(C4(c5cc(C6(O)c7ccccc7-c7ccccc76)ccc5-c5ccc(C6(O)c7ccccc7-c7ccccc76)cc5)c5ccccc5-c5ccccc54)cc3)cc2)c2ccccc2-c2ccccc21. The highest BCUT2D eigenvalue weighted by molar-refractivity contribution is 5.91. The third-order valence-electron chi connectivity index (χ3n) is 18.2. The van der Waals surface area contributed by atoms with Gasteiger partial charge in [0.25, 0.3) is 0 Å². The summed E-state index contributed by atoms with van der Waals surface area (Å²) in [5.41, 5.74) is 29.0. The lowest BCUT2D eigenvalue weighted by Gasteiger charge is -2.37. The van der Waals surface area contributed by atoms with E-state index >= 15 is 0 Å². The largest absolute Gasteiger partial charge is 0.376 e. The van der Waals surface area contributed by atoms with Crippen LogP contribution in [-0.2, 0) is 22.2 Å². The van der Waals surface area contributed by atoms with Crippen LogP contribution in [0.5, 0.6) is 0 Å². The van der Waals surface area contributed by atoms with Crippen molar-refractivity contribution in [1.82, 2.24) is 0 Å². The molecule has 0 aliphatic heterocycles. The minimum atomic E-state index is -1.45. The van der Waals surface area contributed by atoms with Gasteiger partial charge in [0.1, 0.15) is 11.2 Å². The Balaban J connectivity index is 0.896. The minimum absolute atomic E-state index is 0.777. The van der Waals surface area contributed by atoms with Crippen LogP contribution in [0.2, 0.25) is 0 Å². The molecule has 0 atom stereocenters. The number of hydrogen-bond donors (Lipinski definition) is 3. The number of aliphatic hydroxyl groups is 2. The van der Waals surface area contributed by atoms with Crippen molar-refractivity contribution in [3.05, 3.63) is 357 Å². The molecule has 4 aliphatic rings. The first-order chi connectivity index (χ1) is 38.8. The third kappa shape index (κ3) is 6.07. The molecule has 0 spiro atoms. The van der Waals surface area contributed by atoms with Gasteiger partial charge in [-0.15, -0.1) is 0 Å². The third-order valence-corrected chi connectivity index (χ3v) is 18.2. The van der Waals surface area contributed by atoms with Gasteiger partial charge in [-0.2, -0.15) is 0 Å². The van der Waals surface area contributed by atoms with E-state index in [9.17, 15) is 10.2 Å². The Hall–Kier alpha value is -9.48. The molecule has 4 N–H and O–H groups in total. The lowest BCUT2D eigenvalue weighted by atomic mass is 9.64. The van der Waals surface area contributed by atoms with Gasteiger partial charge >= 0.3 is 0 Å². The van der Waals surface area contributed by atoms with Crippen LogP contribution in [-0.4, -0.2) is 10.2 Å². The van der Waals surface area contributed by atoms with Gasteiger partial charge < -0.3 is 15.9 Å². The van der Waals surface area contributed by atoms with Crippen molar-refractivity contribution in [2.75, 3.05) is 0 Å². The van der Waals surface area contributed by atoms with Gasteiger partial charge in [0.15, 0.2) is 0 Å². The van der Waals surface area contributed by atoms with E-state index in [1.165, 1.54) is 33.4 Å². The van der Waals surface area contributed by atoms with Crippen LogP contribution < -0.4 is 5.73 Å². The summed E-state index contributed by atoms with van der Waals surface area (Å²) in [5, 5.41) is 26.7. The zero-order chi connectivity index (χ0) is 52.7. The van der Waals surface area contributed by atoms with E-state index in [1.54, 1.807) is 0 Å². The Morgan fingerprint density at radius 1 is 0.215 bits per heavy atom. The van der Waals surface area contributed by atoms with E-state index in [-0.39, 0.29) is 0 Å². The van der Waals surface area contributed by atoms with Gasteiger partial charge in [-0.25, -0.2) is 0 Å². The number of benzene rings is 12. The van der Waals surface area contributed by atoms with E-state index in [0.717, 1.165) is 106 Å². The molecule has 0 fully saturated rings. The Morgan fingerprint density at radius 2 is 0.494 bits per heavy atom. The highest BCUT2D eigenvalue weighted by Crippen LogP contribution is 2.60. The predicted octanol–water partition coefficient (Wildman–Crippen LogP) is 16.1. The second kappa shape index (κ2) is 16.8. The molecular formula is C76H51NO2. The van der Waals surface area contributed by atoms with Gasteiger partial charge in [0.2, 0.25) is 0 Å². The molecule has 0 radical (unpaired) electrons. The first kappa shape index (κ1) is 45.7. The zero-order valence-electron chi connectivity index (χ0n) is 43.1. The molecule has 16 rings (SSSR count). The van der Waals surface area contributed by atoms with Crippen LogP contribution in [0.1, 0.15) is 72.3 Å². The second-order valence-corrected chi connectivity index (χ2v) is 21.8. The van der Waals surface area contributed by atoms with E-state index in [1.807, 2.05) is 48.5 Å². The molecule has 0 saturated carbocycles. The standard InChI is InChI=1S/C76H51NO2/c77-74(66-27-11-3-19-58(66)59-20-4-12-28-67(59)74)52-41-35-49(36-42-52)48-33-39-51(40-34-48)73(64-25-9-1-17-56(64)57-18-2-10-26-65(57)73)72-47-54(76(79)70-31-15-7-23-62(70)63-24-8-16-32-71(63)76)45-46-55(72)50-37-43-53(44-38-50)75(78)68-29-13-5-21-60(68)61-22-6-14-30-69(61)75/h1-47,78-79H,77H2. The Labute approximate surface area is 459 Å². The summed E-state index contributed by atoms with van der Waals surface area (Å²) in [6, 6.07) is 101. The number of nitrogens with two attached hydrogens (primary N) is 1. The highest BCUT2D eigenvalue weighted by atomic mass is 16.3. The van der Waals surface area contributed by atoms with Crippen LogP contribution in [0.3, 0.4) is 0 Å². The van der Waals surface area contributed by atoms with Crippen molar-refractivity contribution >= 4 is 0 Å². The van der Waals surface area contributed by atoms with Crippen LogP contribution >= 0.6 is 0 Å². The normalized spacial score (nSPS) is 15.4. The minimum Gasteiger partial charge on any atom is -0.376 e. The quantitative estimate of drug-likeness (QED) is 0.149. The fourth-order valence-corrected chi connectivity index (χ4v) is 14.7. The fourth-order valence-electron chi connectivity index (χ4n) is 14.7. The average molecular weight is 1010 g/mol. The summed E-state index contributed by atoms with van der Waals surface area (Å²) in [5.74, 6) is 0. The molecule has 4 aliphatic carbocycles. The van der Waals surface area contributed by atoms with E-state index in [4.69, 9.17) is 5.73 Å². The lowest BCUT2D eigenvalue weighted by Crippen LogP contribution is -2.37. The van der Waals surface area contributed by atoms with Crippen molar-refractivity contribution in [3.63, 3.8) is 0 Å². The zero-order valence-corrected chi connectivity index (χ0v) is 43.1. The highest BCUT2D eigenvalue weighted by Gasteiger charge is 2.50. The summed E-state index contributed by atoms with van der Waals surface area (Å²) >= 11 is 0. The van der Waals surface area contributed by atoms with Crippen molar-refractivity contribution in [2.24, 2.45) is 5.73 Å². The lowest BCUT2D eigenvalue weighted by molar-refractivity contribution is 0.130. The molecule has 372 valence electrons. The van der Waals surface area contributed by atoms with Gasteiger partial charge in [-0.3, -0.25) is 0 Å². The summed E-state index contributed by atoms with van der Waals surface area (Å²) < 4.78 is 0. The van der Waals surface area contributed by atoms with Crippen LogP contribution in [0.4, 0.5) is 0 Å². The van der Waals surface area contributed by atoms with Crippen molar-refractivity contribution in [2.45, 2.75) is 22.2 Å². The smallest absolute Gasteiger partial charge is 0.141 e. The van der Waals surface area contributed by atoms with Gasteiger partial charge in [-0.1, -0.05) is 285 Å². The molecule has 0 saturated heterocycles. The van der Waals surface area contributed by atoms with Crippen molar-refractivity contribution < 1.29 is 10.2 Å². The maximum Gasteiger partial charge on any atom is 0.141 e. The number of hydrogen-bond acceptors (Lipinski definition) is 3. The molecule has 0 unspecified atom stereocenters. The van der Waals surface area contributed by atoms with Crippen LogP contribution in [0, 0.1) is 0 Å². The molecule has 3 heteroatoms. The maximum absolute atomic E-state index is 13.7. The molecular weight excluding hydrogens is 959 g/mol. The Morgan fingerprint density at radius 3 is 0.899 bits per heavy atom. The first-order valence-corrected chi connectivity index (χ1v) is 27.3. The number of rotatable bonds is 7. The molecule has 3 nitrogen and oxygen atoms in total. The van der Waals surface area contributed by atoms with Gasteiger partial charge in [-0.05, 0) is 117 Å². The molecule has 0 bridgehead atoms. The molecule has 0 amide bonds. The maximum atomic E-state index is 13.7. The average Bonchev–Trinajstić information content (AvgIpc) is 4.33. The van der Waals surface area contributed by atoms with E-state index < -0.39 is 22.2 Å². The summed E-state index contributed by atoms with van der Waals surface area (Å²) in [7, 11) is 0.